The summed E-state index contributed by atoms with van der Waals surface area (Å²) in [5.74, 6) is 1.08. The Kier molecular flexibility index (Phi) is 4.53. The third kappa shape index (κ3) is 2.89. The molecule has 1 aliphatic carbocycles. The molecule has 0 radical (unpaired) electrons. The van der Waals surface area contributed by atoms with Crippen molar-refractivity contribution >= 4 is 37.6 Å². The minimum atomic E-state index is -0.0606. The third-order valence-electron chi connectivity index (χ3n) is 5.61. The van der Waals surface area contributed by atoms with Crippen molar-refractivity contribution in [3.63, 3.8) is 0 Å². The van der Waals surface area contributed by atoms with E-state index in [1.54, 1.807) is 0 Å². The molecule has 4 heterocycles. The number of thiophene rings is 1. The molecular weight excluding hydrogens is 376 g/mol. The molecule has 1 saturated heterocycles. The Balaban J connectivity index is 1.68. The first kappa shape index (κ1) is 18.0. The van der Waals surface area contributed by atoms with Crippen LogP contribution in [0.5, 0.6) is 0 Å². The molecule has 0 N–H and O–H groups in total. The van der Waals surface area contributed by atoms with Gasteiger partial charge in [-0.1, -0.05) is 5.21 Å². The lowest BCUT2D eigenvalue weighted by atomic mass is 10.1. The van der Waals surface area contributed by atoms with Crippen molar-refractivity contribution in [1.82, 2.24) is 24.9 Å². The first-order chi connectivity index (χ1) is 13.6. The first-order valence-electron chi connectivity index (χ1n) is 9.82. The van der Waals surface area contributed by atoms with E-state index in [1.807, 2.05) is 19.0 Å². The average Bonchev–Trinajstić information content (AvgIpc) is 3.32. The van der Waals surface area contributed by atoms with Crippen LogP contribution < -0.4 is 10.5 Å². The van der Waals surface area contributed by atoms with Gasteiger partial charge in [0.15, 0.2) is 0 Å². The summed E-state index contributed by atoms with van der Waals surface area (Å²) < 4.78 is 7.66. The van der Waals surface area contributed by atoms with Crippen LogP contribution in [0, 0.1) is 0 Å². The molecule has 148 valence electrons. The van der Waals surface area contributed by atoms with Crippen molar-refractivity contribution in [2.24, 2.45) is 0 Å². The predicted octanol–water partition coefficient (Wildman–Crippen LogP) is 1.29. The highest BCUT2D eigenvalue weighted by Crippen LogP contribution is 2.40. The largest absolute Gasteiger partial charge is 0.378 e. The Morgan fingerprint density at radius 3 is 2.75 bits per heavy atom. The van der Waals surface area contributed by atoms with Crippen molar-refractivity contribution < 1.29 is 4.74 Å². The number of nitrogens with zero attached hydrogens (tertiary/aromatic N) is 6. The van der Waals surface area contributed by atoms with Crippen LogP contribution >= 0.6 is 11.3 Å². The number of rotatable bonds is 4. The molecule has 1 fully saturated rings. The van der Waals surface area contributed by atoms with Crippen LogP contribution in [0.2, 0.25) is 0 Å². The van der Waals surface area contributed by atoms with Gasteiger partial charge < -0.3 is 14.5 Å². The zero-order valence-electron chi connectivity index (χ0n) is 16.3. The van der Waals surface area contributed by atoms with Crippen LogP contribution in [0.3, 0.4) is 0 Å². The van der Waals surface area contributed by atoms with E-state index < -0.39 is 0 Å². The molecule has 0 spiro atoms. The molecule has 0 atom stereocenters. The minimum Gasteiger partial charge on any atom is -0.378 e. The molecule has 0 unspecified atom stereocenters. The van der Waals surface area contributed by atoms with E-state index >= 15 is 0 Å². The van der Waals surface area contributed by atoms with E-state index in [-0.39, 0.29) is 5.56 Å². The van der Waals surface area contributed by atoms with E-state index in [4.69, 9.17) is 9.72 Å². The summed E-state index contributed by atoms with van der Waals surface area (Å²) in [5.41, 5.74) is 3.31. The second kappa shape index (κ2) is 7.06. The lowest BCUT2D eigenvalue weighted by Gasteiger charge is -2.29. The number of anilines is 1. The topological polar surface area (TPSA) is 76.4 Å². The fourth-order valence-corrected chi connectivity index (χ4v) is 5.25. The van der Waals surface area contributed by atoms with E-state index in [1.165, 1.54) is 27.1 Å². The Labute approximate surface area is 166 Å². The number of likely N-dealkylation sites (N-methyl/N-ethyl adjacent to an activating group) is 1. The summed E-state index contributed by atoms with van der Waals surface area (Å²) in [6, 6.07) is 0. The molecule has 5 rings (SSSR count). The predicted molar refractivity (Wildman–Crippen MR) is 111 cm³/mol. The van der Waals surface area contributed by atoms with Gasteiger partial charge in [-0.2, -0.15) is 0 Å². The van der Waals surface area contributed by atoms with Gasteiger partial charge in [-0.3, -0.25) is 4.79 Å². The quantitative estimate of drug-likeness (QED) is 0.653. The summed E-state index contributed by atoms with van der Waals surface area (Å²) in [7, 11) is 3.97. The molecule has 0 amide bonds. The number of ether oxygens (including phenoxy) is 1. The molecule has 3 aromatic rings. The summed E-state index contributed by atoms with van der Waals surface area (Å²) in [4.78, 5) is 23.3. The van der Waals surface area contributed by atoms with Gasteiger partial charge in [0, 0.05) is 25.0 Å². The Morgan fingerprint density at radius 1 is 1.18 bits per heavy atom. The molecule has 0 bridgehead atoms. The SMILES string of the molecule is CN(C)CCn1nnc2c(sc3nc(N4CCOCC4)c4c(c32)CCC4)c1=O. The van der Waals surface area contributed by atoms with Crippen molar-refractivity contribution in [3.8, 4) is 0 Å². The number of hydrogen-bond acceptors (Lipinski definition) is 8. The maximum Gasteiger partial charge on any atom is 0.287 e. The summed E-state index contributed by atoms with van der Waals surface area (Å²) >= 11 is 1.46. The highest BCUT2D eigenvalue weighted by atomic mass is 32.1. The monoisotopic (exact) mass is 400 g/mol. The zero-order valence-corrected chi connectivity index (χ0v) is 17.1. The third-order valence-corrected chi connectivity index (χ3v) is 6.67. The highest BCUT2D eigenvalue weighted by Gasteiger charge is 2.27. The van der Waals surface area contributed by atoms with Crippen LogP contribution in [-0.4, -0.2) is 71.8 Å². The number of aryl methyl sites for hydroxylation is 1. The molecule has 0 saturated carbocycles. The summed E-state index contributed by atoms with van der Waals surface area (Å²) in [5, 5.41) is 9.73. The van der Waals surface area contributed by atoms with E-state index in [2.05, 4.69) is 15.2 Å². The van der Waals surface area contributed by atoms with Crippen molar-refractivity contribution in [2.45, 2.75) is 25.8 Å². The minimum absolute atomic E-state index is 0.0606. The van der Waals surface area contributed by atoms with E-state index in [0.717, 1.165) is 73.7 Å². The Bertz CT molecular complexity index is 1100. The normalized spacial score (nSPS) is 17.2. The van der Waals surface area contributed by atoms with Crippen molar-refractivity contribution in [2.75, 3.05) is 51.8 Å². The molecule has 28 heavy (non-hydrogen) atoms. The number of aromatic nitrogens is 4. The lowest BCUT2D eigenvalue weighted by Crippen LogP contribution is -2.37. The molecule has 9 heteroatoms. The molecule has 2 aliphatic rings. The van der Waals surface area contributed by atoms with Gasteiger partial charge in [0.25, 0.3) is 5.56 Å². The van der Waals surface area contributed by atoms with Crippen molar-refractivity contribution in [1.29, 1.82) is 0 Å². The number of morpholine rings is 1. The summed E-state index contributed by atoms with van der Waals surface area (Å²) in [6.45, 7) is 4.50. The second-order valence-corrected chi connectivity index (χ2v) is 8.73. The molecule has 0 aromatic carbocycles. The van der Waals surface area contributed by atoms with Gasteiger partial charge >= 0.3 is 0 Å². The number of fused-ring (bicyclic) bond motifs is 5. The van der Waals surface area contributed by atoms with Gasteiger partial charge in [-0.05, 0) is 44.5 Å². The standard InChI is InChI=1S/C19H24N6O2S/c1-23(2)6-7-25-19(26)16-15(21-22-25)14-12-4-3-5-13(12)17(20-18(14)28-16)24-8-10-27-11-9-24/h3-11H2,1-2H3. The van der Waals surface area contributed by atoms with E-state index in [9.17, 15) is 4.79 Å². The highest BCUT2D eigenvalue weighted by molar-refractivity contribution is 7.25. The van der Waals surface area contributed by atoms with Crippen LogP contribution in [-0.2, 0) is 24.1 Å². The fourth-order valence-electron chi connectivity index (χ4n) is 4.17. The van der Waals surface area contributed by atoms with E-state index in [0.29, 0.717) is 11.2 Å². The number of pyridine rings is 1. The van der Waals surface area contributed by atoms with Gasteiger partial charge in [-0.15, -0.1) is 16.4 Å². The van der Waals surface area contributed by atoms with Gasteiger partial charge in [0.1, 0.15) is 20.9 Å². The maximum absolute atomic E-state index is 13.0. The fraction of sp³-hybridized carbons (Fsp3) is 0.579. The van der Waals surface area contributed by atoms with Crippen molar-refractivity contribution in [3.05, 3.63) is 21.5 Å². The Hall–Kier alpha value is -2.10. The summed E-state index contributed by atoms with van der Waals surface area (Å²) in [6.07, 6.45) is 3.18. The lowest BCUT2D eigenvalue weighted by molar-refractivity contribution is 0.122. The second-order valence-electron chi connectivity index (χ2n) is 7.73. The van der Waals surface area contributed by atoms with Crippen LogP contribution in [0.25, 0.3) is 20.4 Å². The van der Waals surface area contributed by atoms with Crippen LogP contribution in [0.4, 0.5) is 5.82 Å². The maximum atomic E-state index is 13.0. The van der Waals surface area contributed by atoms with Gasteiger partial charge in [0.2, 0.25) is 0 Å². The molecule has 3 aromatic heterocycles. The molecule has 1 aliphatic heterocycles. The van der Waals surface area contributed by atoms with Crippen LogP contribution in [0.1, 0.15) is 17.5 Å². The number of hydrogen-bond donors (Lipinski definition) is 0. The van der Waals surface area contributed by atoms with Crippen LogP contribution in [0.15, 0.2) is 4.79 Å². The Morgan fingerprint density at radius 2 is 1.96 bits per heavy atom. The van der Waals surface area contributed by atoms with Gasteiger partial charge in [0.05, 0.1) is 19.8 Å². The smallest absolute Gasteiger partial charge is 0.287 e. The molecular formula is C19H24N6O2S. The zero-order chi connectivity index (χ0) is 19.3. The average molecular weight is 401 g/mol. The first-order valence-corrected chi connectivity index (χ1v) is 10.6. The molecule has 8 nitrogen and oxygen atoms in total. The van der Waals surface area contributed by atoms with Gasteiger partial charge in [-0.25, -0.2) is 9.67 Å².